The molecule has 0 spiro atoms. The number of alkyl halides is 1. The van der Waals surface area contributed by atoms with Gasteiger partial charge in [-0.3, -0.25) is 0 Å². The summed E-state index contributed by atoms with van der Waals surface area (Å²) in [6.45, 7) is 0. The normalized spacial score (nSPS) is 11.9. The first-order chi connectivity index (χ1) is 6.97. The zero-order valence-corrected chi connectivity index (χ0v) is 9.54. The lowest BCUT2D eigenvalue weighted by Gasteiger charge is -2.03. The van der Waals surface area contributed by atoms with E-state index in [9.17, 15) is 13.2 Å². The summed E-state index contributed by atoms with van der Waals surface area (Å²) in [5, 5.41) is 0. The summed E-state index contributed by atoms with van der Waals surface area (Å²) in [5.74, 6) is -3.78. The maximum Gasteiger partial charge on any atom is 0.175 e. The molecule has 0 aromatic heterocycles. The monoisotopic (exact) mass is 300 g/mol. The van der Waals surface area contributed by atoms with Crippen LogP contribution in [0.2, 0.25) is 0 Å². The number of benzene rings is 1. The van der Waals surface area contributed by atoms with Crippen LogP contribution in [0.15, 0.2) is 15.5 Å². The second-order valence-electron chi connectivity index (χ2n) is 2.55. The number of hydrogen-bond donors (Lipinski definition) is 1. The van der Waals surface area contributed by atoms with Gasteiger partial charge in [-0.05, 0) is 15.9 Å². The van der Waals surface area contributed by atoms with Crippen molar-refractivity contribution >= 4 is 39.1 Å². The van der Waals surface area contributed by atoms with Crippen molar-refractivity contribution in [3.05, 3.63) is 28.0 Å². The van der Waals surface area contributed by atoms with E-state index in [-0.39, 0.29) is 11.7 Å². The van der Waals surface area contributed by atoms with Crippen LogP contribution in [0.3, 0.4) is 0 Å². The molecule has 0 aliphatic rings. The molecule has 1 aromatic rings. The van der Waals surface area contributed by atoms with E-state index >= 15 is 0 Å². The van der Waals surface area contributed by atoms with Crippen molar-refractivity contribution in [2.75, 3.05) is 5.88 Å². The second kappa shape index (κ2) is 4.85. The summed E-state index contributed by atoms with van der Waals surface area (Å²) >= 11 is 8.00. The number of aliphatic imine (C=N–C) groups is 1. The molecule has 0 amide bonds. The molecule has 1 aromatic carbocycles. The molecule has 2 N–H and O–H groups in total. The minimum Gasteiger partial charge on any atom is -0.386 e. The van der Waals surface area contributed by atoms with Crippen LogP contribution in [0.1, 0.15) is 0 Å². The Morgan fingerprint density at radius 2 is 2.00 bits per heavy atom. The Morgan fingerprint density at radius 3 is 2.53 bits per heavy atom. The maximum absolute atomic E-state index is 13.1. The molecule has 0 unspecified atom stereocenters. The van der Waals surface area contributed by atoms with E-state index in [0.29, 0.717) is 6.07 Å². The Bertz CT molecular complexity index is 423. The molecule has 2 nitrogen and oxygen atoms in total. The molecule has 0 aliphatic carbocycles. The lowest BCUT2D eigenvalue weighted by Crippen LogP contribution is -2.12. The van der Waals surface area contributed by atoms with Gasteiger partial charge in [0.2, 0.25) is 0 Å². The van der Waals surface area contributed by atoms with Crippen LogP contribution in [0, 0.1) is 17.5 Å². The van der Waals surface area contributed by atoms with Crippen molar-refractivity contribution in [3.8, 4) is 0 Å². The lowest BCUT2D eigenvalue weighted by atomic mass is 10.3. The summed E-state index contributed by atoms with van der Waals surface area (Å²) < 4.78 is 38.4. The van der Waals surface area contributed by atoms with E-state index < -0.39 is 27.6 Å². The lowest BCUT2D eigenvalue weighted by molar-refractivity contribution is 0.491. The van der Waals surface area contributed by atoms with Gasteiger partial charge in [-0.25, -0.2) is 18.2 Å². The Hall–Kier alpha value is -0.750. The summed E-state index contributed by atoms with van der Waals surface area (Å²) in [7, 11) is 0. The highest BCUT2D eigenvalue weighted by atomic mass is 79.9. The third-order valence-electron chi connectivity index (χ3n) is 1.48. The van der Waals surface area contributed by atoms with Gasteiger partial charge in [-0.15, -0.1) is 11.6 Å². The molecule has 0 saturated heterocycles. The molecule has 0 bridgehead atoms. The quantitative estimate of drug-likeness (QED) is 0.294. The molecule has 0 atom stereocenters. The molecule has 0 radical (unpaired) electrons. The van der Waals surface area contributed by atoms with Crippen LogP contribution in [0.25, 0.3) is 0 Å². The number of nitrogens with two attached hydrogens (primary N) is 1. The third-order valence-corrected chi connectivity index (χ3v) is 2.48. The number of amidine groups is 1. The summed E-state index contributed by atoms with van der Waals surface area (Å²) in [4.78, 5) is 3.51. The van der Waals surface area contributed by atoms with Crippen LogP contribution >= 0.6 is 27.5 Å². The van der Waals surface area contributed by atoms with E-state index in [1.54, 1.807) is 0 Å². The van der Waals surface area contributed by atoms with E-state index in [2.05, 4.69) is 20.9 Å². The van der Waals surface area contributed by atoms with Crippen LogP contribution < -0.4 is 5.73 Å². The number of halogens is 5. The van der Waals surface area contributed by atoms with Gasteiger partial charge in [0.25, 0.3) is 0 Å². The zero-order valence-electron chi connectivity index (χ0n) is 7.20. The van der Waals surface area contributed by atoms with Crippen LogP contribution in [0.4, 0.5) is 18.9 Å². The highest BCUT2D eigenvalue weighted by Crippen LogP contribution is 2.32. The first-order valence-electron chi connectivity index (χ1n) is 3.69. The van der Waals surface area contributed by atoms with E-state index in [1.165, 1.54) is 0 Å². The van der Waals surface area contributed by atoms with Crippen molar-refractivity contribution in [1.29, 1.82) is 0 Å². The van der Waals surface area contributed by atoms with Crippen molar-refractivity contribution in [1.82, 2.24) is 0 Å². The number of hydrogen-bond acceptors (Lipinski definition) is 1. The van der Waals surface area contributed by atoms with Crippen LogP contribution in [-0.4, -0.2) is 11.7 Å². The predicted molar refractivity (Wildman–Crippen MR) is 56.0 cm³/mol. The SMILES string of the molecule is NC(CCl)=Nc1c(F)cc(F)c(F)c1Br. The summed E-state index contributed by atoms with van der Waals surface area (Å²) in [6.07, 6.45) is 0. The smallest absolute Gasteiger partial charge is 0.175 e. The average Bonchev–Trinajstić information content (AvgIpc) is 2.21. The molecule has 0 heterocycles. The first-order valence-corrected chi connectivity index (χ1v) is 5.02. The second-order valence-corrected chi connectivity index (χ2v) is 3.61. The fraction of sp³-hybridized carbons (Fsp3) is 0.125. The van der Waals surface area contributed by atoms with Crippen molar-refractivity contribution < 1.29 is 13.2 Å². The molecule has 7 heteroatoms. The third kappa shape index (κ3) is 2.63. The Balaban J connectivity index is 3.36. The topological polar surface area (TPSA) is 38.4 Å². The highest BCUT2D eigenvalue weighted by Gasteiger charge is 2.16. The molecule has 1 rings (SSSR count). The highest BCUT2D eigenvalue weighted by molar-refractivity contribution is 9.10. The van der Waals surface area contributed by atoms with Gasteiger partial charge in [0, 0.05) is 6.07 Å². The summed E-state index contributed by atoms with van der Waals surface area (Å²) in [5.41, 5.74) is 4.84. The maximum atomic E-state index is 13.1. The Kier molecular flexibility index (Phi) is 3.98. The van der Waals surface area contributed by atoms with E-state index in [0.717, 1.165) is 0 Å². The zero-order chi connectivity index (χ0) is 11.6. The minimum atomic E-state index is -1.30. The van der Waals surface area contributed by atoms with Crippen molar-refractivity contribution in [2.45, 2.75) is 0 Å². The number of nitrogens with zero attached hydrogens (tertiary/aromatic N) is 1. The van der Waals surface area contributed by atoms with Gasteiger partial charge in [-0.1, -0.05) is 0 Å². The van der Waals surface area contributed by atoms with Crippen LogP contribution in [0.5, 0.6) is 0 Å². The molecular weight excluding hydrogens is 296 g/mol. The molecule has 15 heavy (non-hydrogen) atoms. The van der Waals surface area contributed by atoms with Crippen molar-refractivity contribution in [2.24, 2.45) is 10.7 Å². The fourth-order valence-corrected chi connectivity index (χ4v) is 1.36. The molecule has 0 saturated carbocycles. The largest absolute Gasteiger partial charge is 0.386 e. The van der Waals surface area contributed by atoms with Gasteiger partial charge in [0.05, 0.1) is 10.4 Å². The average molecular weight is 301 g/mol. The fourth-order valence-electron chi connectivity index (χ4n) is 0.833. The van der Waals surface area contributed by atoms with Gasteiger partial charge in [-0.2, -0.15) is 0 Å². The van der Waals surface area contributed by atoms with Crippen molar-refractivity contribution in [3.63, 3.8) is 0 Å². The van der Waals surface area contributed by atoms with E-state index in [1.807, 2.05) is 0 Å². The summed E-state index contributed by atoms with van der Waals surface area (Å²) in [6, 6.07) is 0.389. The molecule has 0 fully saturated rings. The predicted octanol–water partition coefficient (Wildman–Crippen LogP) is 3.09. The minimum absolute atomic E-state index is 0.0951. The molecular formula is C8H5BrClF3N2. The first kappa shape index (κ1) is 12.3. The van der Waals surface area contributed by atoms with Crippen LogP contribution in [-0.2, 0) is 0 Å². The van der Waals surface area contributed by atoms with Gasteiger partial charge in [0.15, 0.2) is 17.5 Å². The Morgan fingerprint density at radius 1 is 1.40 bits per heavy atom. The van der Waals surface area contributed by atoms with Gasteiger partial charge in [0.1, 0.15) is 11.5 Å². The number of rotatable bonds is 2. The standard InChI is InChI=1S/C8H5BrClF3N2/c9-6-7(13)3(11)1-4(12)8(6)15-5(14)2-10/h1H,2H2,(H2,14,15). The van der Waals surface area contributed by atoms with Gasteiger partial charge >= 0.3 is 0 Å². The molecule has 0 aliphatic heterocycles. The molecule has 82 valence electrons. The van der Waals surface area contributed by atoms with E-state index in [4.69, 9.17) is 17.3 Å². The Labute approximate surface area is 97.1 Å². The van der Waals surface area contributed by atoms with Gasteiger partial charge < -0.3 is 5.73 Å².